The number of hydroxylamine groups is 2. The Balaban J connectivity index is 1.35. The number of benzene rings is 1. The fraction of sp³-hybridized carbons (Fsp3) is 0.474. The zero-order valence-electron chi connectivity index (χ0n) is 15.3. The molecule has 0 atom stereocenters. The molecule has 1 heterocycles. The van der Waals surface area contributed by atoms with E-state index in [4.69, 9.17) is 9.57 Å². The van der Waals surface area contributed by atoms with Gasteiger partial charge in [0.1, 0.15) is 5.60 Å². The summed E-state index contributed by atoms with van der Waals surface area (Å²) in [4.78, 5) is 54.2. The van der Waals surface area contributed by atoms with Crippen LogP contribution in [0.15, 0.2) is 24.3 Å². The SMILES string of the molecule is CC(C)(C)OC(=O)NC12CC(C(=O)ON3C(=O)c4ccccc4C3=O)(C1)C2. The summed E-state index contributed by atoms with van der Waals surface area (Å²) in [6.45, 7) is 5.32. The first-order valence-corrected chi connectivity index (χ1v) is 8.76. The molecular weight excluding hydrogens is 352 g/mol. The van der Waals surface area contributed by atoms with E-state index in [1.807, 2.05) is 0 Å². The summed E-state index contributed by atoms with van der Waals surface area (Å²) in [5.74, 6) is -1.90. The molecule has 0 saturated heterocycles. The molecule has 0 unspecified atom stereocenters. The summed E-state index contributed by atoms with van der Waals surface area (Å²) in [7, 11) is 0. The van der Waals surface area contributed by atoms with Gasteiger partial charge in [-0.1, -0.05) is 17.2 Å². The van der Waals surface area contributed by atoms with E-state index < -0.39 is 40.4 Å². The van der Waals surface area contributed by atoms with Gasteiger partial charge in [0.25, 0.3) is 11.8 Å². The summed E-state index contributed by atoms with van der Waals surface area (Å²) >= 11 is 0. The number of amides is 3. The molecule has 1 aliphatic heterocycles. The minimum Gasteiger partial charge on any atom is -0.444 e. The molecule has 142 valence electrons. The number of alkyl carbamates (subject to hydrolysis) is 1. The second-order valence-corrected chi connectivity index (χ2v) is 8.55. The number of hydrogen-bond donors (Lipinski definition) is 1. The van der Waals surface area contributed by atoms with Crippen molar-refractivity contribution in [3.63, 3.8) is 0 Å². The smallest absolute Gasteiger partial charge is 0.408 e. The molecule has 1 aromatic rings. The highest BCUT2D eigenvalue weighted by molar-refractivity contribution is 6.21. The van der Waals surface area contributed by atoms with Crippen molar-refractivity contribution in [1.82, 2.24) is 10.4 Å². The Morgan fingerprint density at radius 1 is 1.04 bits per heavy atom. The van der Waals surface area contributed by atoms with E-state index in [9.17, 15) is 19.2 Å². The standard InChI is InChI=1S/C19H20N2O6/c1-17(2,3)26-16(25)20-19-8-18(9-19,10-19)15(24)27-21-13(22)11-6-4-5-7-12(11)14(21)23/h4-7H,8-10H2,1-3H3,(H,20,25). The largest absolute Gasteiger partial charge is 0.444 e. The van der Waals surface area contributed by atoms with E-state index >= 15 is 0 Å². The maximum absolute atomic E-state index is 12.5. The van der Waals surface area contributed by atoms with Crippen molar-refractivity contribution >= 4 is 23.9 Å². The van der Waals surface area contributed by atoms with Crippen LogP contribution in [0.25, 0.3) is 0 Å². The second-order valence-electron chi connectivity index (χ2n) is 8.55. The third-order valence-electron chi connectivity index (χ3n) is 5.16. The molecule has 3 saturated carbocycles. The van der Waals surface area contributed by atoms with Crippen LogP contribution in [0.1, 0.15) is 60.7 Å². The molecule has 3 amide bonds. The van der Waals surface area contributed by atoms with E-state index in [0.717, 1.165) is 0 Å². The highest BCUT2D eigenvalue weighted by Crippen LogP contribution is 2.67. The number of ether oxygens (including phenoxy) is 1. The Morgan fingerprint density at radius 2 is 1.56 bits per heavy atom. The van der Waals surface area contributed by atoms with Crippen LogP contribution in [0.4, 0.5) is 4.79 Å². The molecule has 8 heteroatoms. The summed E-state index contributed by atoms with van der Waals surface area (Å²) in [5.41, 5.74) is -1.39. The Hall–Kier alpha value is -2.90. The van der Waals surface area contributed by atoms with Crippen LogP contribution in [-0.2, 0) is 14.4 Å². The molecule has 27 heavy (non-hydrogen) atoms. The molecule has 2 bridgehead atoms. The molecule has 8 nitrogen and oxygen atoms in total. The van der Waals surface area contributed by atoms with E-state index in [1.54, 1.807) is 32.9 Å². The molecule has 3 aliphatic carbocycles. The molecule has 0 spiro atoms. The number of nitrogens with one attached hydrogen (secondary N) is 1. The lowest BCUT2D eigenvalue weighted by Gasteiger charge is -2.67. The van der Waals surface area contributed by atoms with Crippen LogP contribution in [0.2, 0.25) is 0 Å². The molecule has 1 aromatic carbocycles. The lowest BCUT2D eigenvalue weighted by Crippen LogP contribution is -2.77. The number of carbonyl (C=O) groups is 4. The van der Waals surface area contributed by atoms with Gasteiger partial charge >= 0.3 is 12.1 Å². The lowest BCUT2D eigenvalue weighted by atomic mass is 9.39. The van der Waals surface area contributed by atoms with Crippen molar-refractivity contribution in [1.29, 1.82) is 0 Å². The maximum Gasteiger partial charge on any atom is 0.408 e. The van der Waals surface area contributed by atoms with E-state index in [2.05, 4.69) is 5.32 Å². The van der Waals surface area contributed by atoms with Crippen LogP contribution in [0.3, 0.4) is 0 Å². The van der Waals surface area contributed by atoms with Gasteiger partial charge in [0, 0.05) is 5.54 Å². The second kappa shape index (κ2) is 5.31. The van der Waals surface area contributed by atoms with Gasteiger partial charge in [-0.15, -0.1) is 0 Å². The van der Waals surface area contributed by atoms with Gasteiger partial charge in [-0.2, -0.15) is 0 Å². The minimum atomic E-state index is -0.760. The Morgan fingerprint density at radius 3 is 2.04 bits per heavy atom. The van der Waals surface area contributed by atoms with Crippen molar-refractivity contribution < 1.29 is 28.8 Å². The van der Waals surface area contributed by atoms with Gasteiger partial charge < -0.3 is 14.9 Å². The topological polar surface area (TPSA) is 102 Å². The van der Waals surface area contributed by atoms with Gasteiger partial charge in [0.05, 0.1) is 16.5 Å². The van der Waals surface area contributed by atoms with Gasteiger partial charge in [0.15, 0.2) is 0 Å². The summed E-state index contributed by atoms with van der Waals surface area (Å²) in [6, 6.07) is 6.32. The van der Waals surface area contributed by atoms with E-state index in [-0.39, 0.29) is 11.1 Å². The maximum atomic E-state index is 12.5. The van der Waals surface area contributed by atoms with Crippen molar-refractivity contribution in [3.05, 3.63) is 35.4 Å². The lowest BCUT2D eigenvalue weighted by molar-refractivity contribution is -0.223. The zero-order valence-corrected chi connectivity index (χ0v) is 15.3. The Labute approximate surface area is 155 Å². The Bertz CT molecular complexity index is 830. The van der Waals surface area contributed by atoms with E-state index in [0.29, 0.717) is 24.3 Å². The number of imide groups is 1. The molecule has 3 fully saturated rings. The average molecular weight is 372 g/mol. The first kappa shape index (κ1) is 17.5. The van der Waals surface area contributed by atoms with Crippen molar-refractivity contribution in [2.24, 2.45) is 5.41 Å². The number of nitrogens with zero attached hydrogens (tertiary/aromatic N) is 1. The van der Waals surface area contributed by atoms with Crippen LogP contribution >= 0.6 is 0 Å². The highest BCUT2D eigenvalue weighted by Gasteiger charge is 2.74. The molecular formula is C19H20N2O6. The van der Waals surface area contributed by atoms with E-state index in [1.165, 1.54) is 12.1 Å². The van der Waals surface area contributed by atoms with Crippen LogP contribution < -0.4 is 5.32 Å². The third kappa shape index (κ3) is 2.67. The first-order chi connectivity index (χ1) is 12.5. The average Bonchev–Trinajstić information content (AvgIpc) is 2.73. The number of fused-ring (bicyclic) bond motifs is 1. The molecule has 1 N–H and O–H groups in total. The minimum absolute atomic E-state index is 0.218. The summed E-state index contributed by atoms with van der Waals surface area (Å²) in [5, 5.41) is 3.33. The summed E-state index contributed by atoms with van der Waals surface area (Å²) in [6.07, 6.45) is 0.688. The van der Waals surface area contributed by atoms with Gasteiger partial charge in [-0.05, 0) is 52.2 Å². The van der Waals surface area contributed by atoms with Gasteiger partial charge in [-0.25, -0.2) is 9.59 Å². The van der Waals surface area contributed by atoms with Crippen LogP contribution in [-0.4, -0.2) is 40.1 Å². The fourth-order valence-electron chi connectivity index (χ4n) is 4.09. The highest BCUT2D eigenvalue weighted by atomic mass is 16.7. The van der Waals surface area contributed by atoms with Crippen molar-refractivity contribution in [3.8, 4) is 0 Å². The fourth-order valence-corrected chi connectivity index (χ4v) is 4.09. The van der Waals surface area contributed by atoms with Crippen molar-refractivity contribution in [2.45, 2.75) is 51.2 Å². The summed E-state index contributed by atoms with van der Waals surface area (Å²) < 4.78 is 5.24. The normalized spacial score (nSPS) is 28.0. The molecule has 0 radical (unpaired) electrons. The predicted octanol–water partition coefficient (Wildman–Crippen LogP) is 2.19. The molecule has 0 aromatic heterocycles. The zero-order chi connectivity index (χ0) is 19.6. The number of rotatable bonds is 3. The quantitative estimate of drug-likeness (QED) is 0.816. The molecule has 4 aliphatic rings. The number of carbonyl (C=O) groups excluding carboxylic acids is 4. The van der Waals surface area contributed by atoms with Crippen molar-refractivity contribution in [2.75, 3.05) is 0 Å². The Kier molecular flexibility index (Phi) is 3.44. The van der Waals surface area contributed by atoms with Gasteiger partial charge in [0.2, 0.25) is 0 Å². The monoisotopic (exact) mass is 372 g/mol. The molecule has 5 rings (SSSR count). The number of hydrogen-bond acceptors (Lipinski definition) is 6. The third-order valence-corrected chi connectivity index (χ3v) is 5.16. The first-order valence-electron chi connectivity index (χ1n) is 8.76. The van der Waals surface area contributed by atoms with Crippen LogP contribution in [0, 0.1) is 5.41 Å². The van der Waals surface area contributed by atoms with Crippen LogP contribution in [0.5, 0.6) is 0 Å². The predicted molar refractivity (Wildman–Crippen MR) is 91.4 cm³/mol. The van der Waals surface area contributed by atoms with Gasteiger partial charge in [-0.3, -0.25) is 9.59 Å².